The third kappa shape index (κ3) is 5.04. The minimum atomic E-state index is 0.535. The lowest BCUT2D eigenvalue weighted by Crippen LogP contribution is -2.35. The molecule has 0 heteroatoms. The smallest absolute Gasteiger partial charge is 0.0267 e. The summed E-state index contributed by atoms with van der Waals surface area (Å²) in [6, 6.07) is 0. The summed E-state index contributed by atoms with van der Waals surface area (Å²) in [5, 5.41) is 0. The van der Waals surface area contributed by atoms with Crippen molar-refractivity contribution >= 4 is 0 Å². The van der Waals surface area contributed by atoms with Crippen molar-refractivity contribution in [2.24, 2.45) is 40.4 Å². The van der Waals surface area contributed by atoms with Gasteiger partial charge in [-0.15, -0.1) is 0 Å². The zero-order chi connectivity index (χ0) is 18.7. The van der Waals surface area contributed by atoms with Crippen LogP contribution in [0, 0.1) is 40.4 Å². The molecule has 0 aromatic carbocycles. The summed E-state index contributed by atoms with van der Waals surface area (Å²) in [5.74, 6) is 4.74. The largest absolute Gasteiger partial charge is 0.0651 e. The van der Waals surface area contributed by atoms with Crippen molar-refractivity contribution in [1.29, 1.82) is 0 Å². The average molecular weight is 349 g/mol. The number of hydrogen-bond acceptors (Lipinski definition) is 0. The predicted octanol–water partition coefficient (Wildman–Crippen LogP) is 8.50. The molecule has 2 rings (SSSR count). The fraction of sp³-hybridized carbons (Fsp3) is 1.00. The summed E-state index contributed by atoms with van der Waals surface area (Å²) in [5.41, 5.74) is 1.17. The molecule has 2 aliphatic carbocycles. The van der Waals surface area contributed by atoms with Gasteiger partial charge in [-0.1, -0.05) is 80.6 Å². The molecular formula is C25H48. The predicted molar refractivity (Wildman–Crippen MR) is 113 cm³/mol. The van der Waals surface area contributed by atoms with Gasteiger partial charge in [-0.2, -0.15) is 0 Å². The third-order valence-corrected chi connectivity index (χ3v) is 9.16. The van der Waals surface area contributed by atoms with Gasteiger partial charge in [0.05, 0.1) is 0 Å². The van der Waals surface area contributed by atoms with Gasteiger partial charge in [-0.25, -0.2) is 0 Å². The molecule has 0 aliphatic heterocycles. The van der Waals surface area contributed by atoms with E-state index < -0.39 is 0 Å². The number of rotatable bonds is 5. The zero-order valence-electron chi connectivity index (χ0n) is 18.7. The standard InChI is InChI=1S/C25H48/c1-8-19(2)11-9-12-22-15-16-23-20(3)13-14-21(4)24(5,6)17-10-18-25(22,23)7/h19-23H,8-18H2,1-7H3. The lowest BCUT2D eigenvalue weighted by atomic mass is 9.62. The highest BCUT2D eigenvalue weighted by molar-refractivity contribution is 4.97. The first-order valence-corrected chi connectivity index (χ1v) is 11.7. The van der Waals surface area contributed by atoms with Crippen LogP contribution in [0.3, 0.4) is 0 Å². The van der Waals surface area contributed by atoms with Crippen LogP contribution in [0.25, 0.3) is 0 Å². The molecule has 148 valence electrons. The topological polar surface area (TPSA) is 0 Å². The molecule has 2 fully saturated rings. The fourth-order valence-electron chi connectivity index (χ4n) is 6.33. The Morgan fingerprint density at radius 1 is 0.960 bits per heavy atom. The first-order chi connectivity index (χ1) is 11.7. The van der Waals surface area contributed by atoms with Crippen molar-refractivity contribution in [1.82, 2.24) is 0 Å². The number of hydrogen-bond donors (Lipinski definition) is 0. The Morgan fingerprint density at radius 2 is 1.68 bits per heavy atom. The monoisotopic (exact) mass is 348 g/mol. The van der Waals surface area contributed by atoms with Gasteiger partial charge < -0.3 is 0 Å². The van der Waals surface area contributed by atoms with Crippen molar-refractivity contribution in [3.8, 4) is 0 Å². The summed E-state index contributed by atoms with van der Waals surface area (Å²) in [6.07, 6.45) is 16.1. The maximum absolute atomic E-state index is 2.70. The maximum atomic E-state index is 2.70. The summed E-state index contributed by atoms with van der Waals surface area (Å²) in [4.78, 5) is 0. The molecule has 25 heavy (non-hydrogen) atoms. The van der Waals surface area contributed by atoms with Crippen LogP contribution in [0.1, 0.15) is 119 Å². The molecule has 0 amide bonds. The minimum Gasteiger partial charge on any atom is -0.0651 e. The molecule has 6 atom stereocenters. The van der Waals surface area contributed by atoms with E-state index in [9.17, 15) is 0 Å². The molecule has 0 aromatic heterocycles. The number of fused-ring (bicyclic) bond motifs is 1. The summed E-state index contributed by atoms with van der Waals surface area (Å²) >= 11 is 0. The Hall–Kier alpha value is 0. The van der Waals surface area contributed by atoms with E-state index in [2.05, 4.69) is 48.5 Å². The molecule has 0 nitrogen and oxygen atoms in total. The van der Waals surface area contributed by atoms with Gasteiger partial charge >= 0.3 is 0 Å². The molecule has 0 saturated heterocycles. The summed E-state index contributed by atoms with van der Waals surface area (Å²) < 4.78 is 0. The van der Waals surface area contributed by atoms with E-state index in [1.54, 1.807) is 0 Å². The van der Waals surface area contributed by atoms with Gasteiger partial charge in [0.15, 0.2) is 0 Å². The second-order valence-electron chi connectivity index (χ2n) is 11.1. The van der Waals surface area contributed by atoms with Gasteiger partial charge in [-0.05, 0) is 78.9 Å². The van der Waals surface area contributed by atoms with Crippen LogP contribution in [-0.2, 0) is 0 Å². The summed E-state index contributed by atoms with van der Waals surface area (Å²) in [7, 11) is 0. The van der Waals surface area contributed by atoms with E-state index in [1.165, 1.54) is 70.6 Å². The lowest BCUT2D eigenvalue weighted by Gasteiger charge is -2.44. The van der Waals surface area contributed by atoms with Gasteiger partial charge in [0.1, 0.15) is 0 Å². The molecule has 2 saturated carbocycles. The summed E-state index contributed by atoms with van der Waals surface area (Å²) in [6.45, 7) is 17.7. The van der Waals surface area contributed by atoms with Gasteiger partial charge in [-0.3, -0.25) is 0 Å². The first kappa shape index (κ1) is 21.3. The Morgan fingerprint density at radius 3 is 2.36 bits per heavy atom. The third-order valence-electron chi connectivity index (χ3n) is 9.16. The highest BCUT2D eigenvalue weighted by Gasteiger charge is 2.48. The van der Waals surface area contributed by atoms with Crippen LogP contribution in [0.2, 0.25) is 0 Å². The molecule has 0 bridgehead atoms. The van der Waals surface area contributed by atoms with E-state index in [-0.39, 0.29) is 0 Å². The second kappa shape index (κ2) is 8.79. The van der Waals surface area contributed by atoms with Crippen molar-refractivity contribution < 1.29 is 0 Å². The van der Waals surface area contributed by atoms with Crippen LogP contribution >= 0.6 is 0 Å². The molecule has 0 heterocycles. The maximum Gasteiger partial charge on any atom is -0.0267 e. The molecule has 6 unspecified atom stereocenters. The van der Waals surface area contributed by atoms with Crippen molar-refractivity contribution in [3.63, 3.8) is 0 Å². The van der Waals surface area contributed by atoms with Crippen LogP contribution in [0.4, 0.5) is 0 Å². The molecule has 0 spiro atoms. The Bertz CT molecular complexity index is 395. The van der Waals surface area contributed by atoms with Crippen LogP contribution in [0.5, 0.6) is 0 Å². The first-order valence-electron chi connectivity index (χ1n) is 11.7. The molecule has 0 radical (unpaired) electrons. The quantitative estimate of drug-likeness (QED) is 0.467. The van der Waals surface area contributed by atoms with E-state index in [0.29, 0.717) is 10.8 Å². The van der Waals surface area contributed by atoms with Crippen molar-refractivity contribution in [2.75, 3.05) is 0 Å². The van der Waals surface area contributed by atoms with Gasteiger partial charge in [0, 0.05) is 0 Å². The highest BCUT2D eigenvalue weighted by atomic mass is 14.5. The normalized spacial score (nSPS) is 40.4. The Kier molecular flexibility index (Phi) is 7.49. The van der Waals surface area contributed by atoms with Crippen LogP contribution in [0.15, 0.2) is 0 Å². The Labute approximate surface area is 159 Å². The van der Waals surface area contributed by atoms with Crippen molar-refractivity contribution in [2.45, 2.75) is 119 Å². The molecular weight excluding hydrogens is 300 g/mol. The highest BCUT2D eigenvalue weighted by Crippen LogP contribution is 2.57. The van der Waals surface area contributed by atoms with Gasteiger partial charge in [0.2, 0.25) is 0 Å². The molecule has 0 aromatic rings. The van der Waals surface area contributed by atoms with Crippen molar-refractivity contribution in [3.05, 3.63) is 0 Å². The van der Waals surface area contributed by atoms with E-state index in [1.807, 2.05) is 0 Å². The van der Waals surface area contributed by atoms with Crippen LogP contribution < -0.4 is 0 Å². The molecule has 2 aliphatic rings. The van der Waals surface area contributed by atoms with Crippen LogP contribution in [-0.4, -0.2) is 0 Å². The zero-order valence-corrected chi connectivity index (χ0v) is 18.7. The second-order valence-corrected chi connectivity index (χ2v) is 11.1. The molecule has 0 N–H and O–H groups in total. The Balaban J connectivity index is 2.05. The van der Waals surface area contributed by atoms with E-state index in [0.717, 1.165) is 29.6 Å². The van der Waals surface area contributed by atoms with E-state index >= 15 is 0 Å². The van der Waals surface area contributed by atoms with E-state index in [4.69, 9.17) is 0 Å². The fourth-order valence-corrected chi connectivity index (χ4v) is 6.33. The lowest BCUT2D eigenvalue weighted by molar-refractivity contribution is 0.0618. The SMILES string of the molecule is CCC(C)CCCC1CCC2C(C)CCC(C)C(C)(C)CCCC12C. The van der Waals surface area contributed by atoms with Gasteiger partial charge in [0.25, 0.3) is 0 Å². The minimum absolute atomic E-state index is 0.535. The average Bonchev–Trinajstić information content (AvgIpc) is 2.88.